The topological polar surface area (TPSA) is 46.0 Å². The molecule has 1 atom stereocenters. The third kappa shape index (κ3) is 3.91. The summed E-state index contributed by atoms with van der Waals surface area (Å²) in [6.45, 7) is 8.35. The van der Waals surface area contributed by atoms with Crippen LogP contribution in [0.1, 0.15) is 50.3 Å². The van der Waals surface area contributed by atoms with Gasteiger partial charge in [-0.25, -0.2) is 4.98 Å². The van der Waals surface area contributed by atoms with Crippen LogP contribution < -0.4 is 10.2 Å². The van der Waals surface area contributed by atoms with Gasteiger partial charge in [-0.05, 0) is 37.8 Å². The number of anilines is 1. The van der Waals surface area contributed by atoms with Crippen molar-refractivity contribution in [3.05, 3.63) is 41.9 Å². The van der Waals surface area contributed by atoms with Crippen molar-refractivity contribution in [2.24, 2.45) is 0 Å². The van der Waals surface area contributed by atoms with E-state index >= 15 is 0 Å². The molecule has 1 N–H and O–H groups in total. The van der Waals surface area contributed by atoms with E-state index in [1.54, 1.807) is 0 Å². The molecule has 1 aliphatic rings. The molecule has 1 unspecified atom stereocenters. The van der Waals surface area contributed by atoms with E-state index in [1.165, 1.54) is 24.0 Å². The lowest BCUT2D eigenvalue weighted by atomic mass is 10.1. The van der Waals surface area contributed by atoms with Crippen molar-refractivity contribution in [1.29, 1.82) is 0 Å². The molecule has 0 amide bonds. The molecule has 0 radical (unpaired) electrons. The van der Waals surface area contributed by atoms with Crippen LogP contribution in [0.4, 0.5) is 5.82 Å². The number of nitrogens with one attached hydrogen (secondary N) is 1. The maximum absolute atomic E-state index is 4.62. The fraction of sp³-hybridized carbons (Fsp3) is 0.556. The van der Waals surface area contributed by atoms with Gasteiger partial charge in [0.2, 0.25) is 0 Å². The van der Waals surface area contributed by atoms with E-state index in [0.717, 1.165) is 38.4 Å². The van der Waals surface area contributed by atoms with Crippen molar-refractivity contribution >= 4 is 5.82 Å². The van der Waals surface area contributed by atoms with Crippen LogP contribution in [0.5, 0.6) is 0 Å². The fourth-order valence-corrected chi connectivity index (χ4v) is 3.13. The average molecular weight is 313 g/mol. The van der Waals surface area contributed by atoms with Gasteiger partial charge in [0.25, 0.3) is 0 Å². The first-order chi connectivity index (χ1) is 11.3. The lowest BCUT2D eigenvalue weighted by Gasteiger charge is -2.18. The maximum Gasteiger partial charge on any atom is 0.128 e. The summed E-state index contributed by atoms with van der Waals surface area (Å²) in [5.74, 6) is 1.11. The van der Waals surface area contributed by atoms with Crippen molar-refractivity contribution in [3.63, 3.8) is 0 Å². The SMILES string of the molecule is CCC(NCc1ccc(N2CCCC2)nc1)c1cnn(CC)c1. The second kappa shape index (κ2) is 7.59. The van der Waals surface area contributed by atoms with E-state index in [0.29, 0.717) is 6.04 Å². The molecule has 3 rings (SSSR count). The van der Waals surface area contributed by atoms with Gasteiger partial charge >= 0.3 is 0 Å². The zero-order valence-corrected chi connectivity index (χ0v) is 14.2. The van der Waals surface area contributed by atoms with Crippen molar-refractivity contribution in [3.8, 4) is 0 Å². The normalized spacial score (nSPS) is 16.0. The molecule has 2 aromatic heterocycles. The molecule has 3 heterocycles. The Kier molecular flexibility index (Phi) is 5.28. The highest BCUT2D eigenvalue weighted by molar-refractivity contribution is 5.40. The smallest absolute Gasteiger partial charge is 0.128 e. The van der Waals surface area contributed by atoms with E-state index in [1.807, 2.05) is 17.1 Å². The van der Waals surface area contributed by atoms with E-state index in [9.17, 15) is 0 Å². The monoisotopic (exact) mass is 313 g/mol. The van der Waals surface area contributed by atoms with Crippen molar-refractivity contribution in [2.45, 2.75) is 52.2 Å². The molecule has 0 saturated carbocycles. The summed E-state index contributed by atoms with van der Waals surface area (Å²) in [5, 5.41) is 7.99. The largest absolute Gasteiger partial charge is 0.357 e. The minimum Gasteiger partial charge on any atom is -0.357 e. The van der Waals surface area contributed by atoms with Gasteiger partial charge in [-0.2, -0.15) is 5.10 Å². The Morgan fingerprint density at radius 3 is 2.61 bits per heavy atom. The highest BCUT2D eigenvalue weighted by atomic mass is 15.3. The molecule has 5 heteroatoms. The number of aryl methyl sites for hydroxylation is 1. The first-order valence-corrected chi connectivity index (χ1v) is 8.75. The molecule has 2 aromatic rings. The molecule has 0 aromatic carbocycles. The van der Waals surface area contributed by atoms with Gasteiger partial charge in [0.15, 0.2) is 0 Å². The number of rotatable bonds is 7. The van der Waals surface area contributed by atoms with Gasteiger partial charge in [-0.15, -0.1) is 0 Å². The standard InChI is InChI=1S/C18H27N5/c1-3-17(16-13-21-23(4-2)14-16)19-11-15-7-8-18(20-12-15)22-9-5-6-10-22/h7-8,12-14,17,19H,3-6,9-11H2,1-2H3. The van der Waals surface area contributed by atoms with Crippen LogP contribution in [0.25, 0.3) is 0 Å². The molecule has 5 nitrogen and oxygen atoms in total. The summed E-state index contributed by atoms with van der Waals surface area (Å²) >= 11 is 0. The summed E-state index contributed by atoms with van der Waals surface area (Å²) in [7, 11) is 0. The molecule has 23 heavy (non-hydrogen) atoms. The Morgan fingerprint density at radius 1 is 1.17 bits per heavy atom. The summed E-state index contributed by atoms with van der Waals surface area (Å²) in [4.78, 5) is 6.99. The average Bonchev–Trinajstić information content (AvgIpc) is 3.28. The van der Waals surface area contributed by atoms with E-state index in [4.69, 9.17) is 0 Å². The zero-order valence-electron chi connectivity index (χ0n) is 14.2. The molecule has 0 aliphatic carbocycles. The summed E-state index contributed by atoms with van der Waals surface area (Å²) in [6, 6.07) is 4.68. The molecular formula is C18H27N5. The van der Waals surface area contributed by atoms with Crippen LogP contribution in [0.3, 0.4) is 0 Å². The second-order valence-corrected chi connectivity index (χ2v) is 6.19. The maximum atomic E-state index is 4.62. The number of nitrogens with zero attached hydrogens (tertiary/aromatic N) is 4. The predicted octanol–water partition coefficient (Wildman–Crippen LogP) is 3.14. The Hall–Kier alpha value is -1.88. The van der Waals surface area contributed by atoms with Crippen LogP contribution in [-0.2, 0) is 13.1 Å². The lowest BCUT2D eigenvalue weighted by molar-refractivity contribution is 0.517. The summed E-state index contributed by atoms with van der Waals surface area (Å²) < 4.78 is 1.98. The summed E-state index contributed by atoms with van der Waals surface area (Å²) in [6.07, 6.45) is 9.73. The van der Waals surface area contributed by atoms with Crippen molar-refractivity contribution in [1.82, 2.24) is 20.1 Å². The molecule has 0 spiro atoms. The van der Waals surface area contributed by atoms with Gasteiger partial charge in [0.1, 0.15) is 5.82 Å². The summed E-state index contributed by atoms with van der Waals surface area (Å²) in [5.41, 5.74) is 2.49. The van der Waals surface area contributed by atoms with E-state index in [2.05, 4.69) is 52.5 Å². The number of pyridine rings is 1. The molecule has 0 bridgehead atoms. The number of aromatic nitrogens is 3. The Labute approximate surface area is 138 Å². The van der Waals surface area contributed by atoms with Gasteiger partial charge < -0.3 is 10.2 Å². The highest BCUT2D eigenvalue weighted by Crippen LogP contribution is 2.19. The third-order valence-electron chi connectivity index (χ3n) is 4.58. The van der Waals surface area contributed by atoms with Gasteiger partial charge in [0, 0.05) is 50.2 Å². The number of hydrogen-bond donors (Lipinski definition) is 1. The number of hydrogen-bond acceptors (Lipinski definition) is 4. The molecular weight excluding hydrogens is 286 g/mol. The van der Waals surface area contributed by atoms with Gasteiger partial charge in [-0.1, -0.05) is 13.0 Å². The highest BCUT2D eigenvalue weighted by Gasteiger charge is 2.14. The van der Waals surface area contributed by atoms with Crippen LogP contribution in [0.2, 0.25) is 0 Å². The Bertz CT molecular complexity index is 598. The van der Waals surface area contributed by atoms with Crippen LogP contribution in [0, 0.1) is 0 Å². The molecule has 1 aliphatic heterocycles. The molecule has 1 saturated heterocycles. The Morgan fingerprint density at radius 2 is 2.00 bits per heavy atom. The van der Waals surface area contributed by atoms with Gasteiger partial charge in [-0.3, -0.25) is 4.68 Å². The minimum absolute atomic E-state index is 0.341. The second-order valence-electron chi connectivity index (χ2n) is 6.19. The van der Waals surface area contributed by atoms with Crippen LogP contribution in [-0.4, -0.2) is 27.9 Å². The van der Waals surface area contributed by atoms with E-state index in [-0.39, 0.29) is 0 Å². The molecule has 1 fully saturated rings. The van der Waals surface area contributed by atoms with Gasteiger partial charge in [0.05, 0.1) is 6.20 Å². The lowest BCUT2D eigenvalue weighted by Crippen LogP contribution is -2.21. The first-order valence-electron chi connectivity index (χ1n) is 8.75. The van der Waals surface area contributed by atoms with Crippen LogP contribution >= 0.6 is 0 Å². The molecule has 124 valence electrons. The fourth-order valence-electron chi connectivity index (χ4n) is 3.13. The van der Waals surface area contributed by atoms with Crippen molar-refractivity contribution < 1.29 is 0 Å². The predicted molar refractivity (Wildman–Crippen MR) is 93.5 cm³/mol. The Balaban J connectivity index is 1.57. The zero-order chi connectivity index (χ0) is 16.1. The van der Waals surface area contributed by atoms with Crippen molar-refractivity contribution in [2.75, 3.05) is 18.0 Å². The third-order valence-corrected chi connectivity index (χ3v) is 4.58. The minimum atomic E-state index is 0.341. The quantitative estimate of drug-likeness (QED) is 0.853. The first kappa shape index (κ1) is 16.0. The van der Waals surface area contributed by atoms with Crippen LogP contribution in [0.15, 0.2) is 30.7 Å². The van der Waals surface area contributed by atoms with E-state index < -0.39 is 0 Å².